The number of carboxylic acids is 1. The Morgan fingerprint density at radius 3 is 2.50 bits per heavy atom. The molecule has 0 rings (SSSR count). The van der Waals surface area contributed by atoms with Crippen LogP contribution in [-0.4, -0.2) is 23.3 Å². The minimum Gasteiger partial charge on any atom is -0.479 e. The average molecular weight is 142 g/mol. The summed E-state index contributed by atoms with van der Waals surface area (Å²) in [5, 5.41) is 8.33. The Labute approximate surface area is 60.0 Å². The molecular formula is C7H10O3. The van der Waals surface area contributed by atoms with E-state index in [9.17, 15) is 4.79 Å². The second-order valence-corrected chi connectivity index (χ2v) is 1.93. The number of carboxylic acid groups (broad SMARTS) is 1. The smallest absolute Gasteiger partial charge is 0.332 e. The highest BCUT2D eigenvalue weighted by molar-refractivity contribution is 5.71. The molecule has 0 aliphatic heterocycles. The molecule has 0 spiro atoms. The van der Waals surface area contributed by atoms with E-state index in [1.54, 1.807) is 6.92 Å². The molecule has 0 aromatic rings. The lowest BCUT2D eigenvalue weighted by molar-refractivity contribution is -0.150. The van der Waals surface area contributed by atoms with Gasteiger partial charge < -0.3 is 9.84 Å². The van der Waals surface area contributed by atoms with Gasteiger partial charge in [-0.2, -0.15) is 0 Å². The molecule has 2 atom stereocenters. The van der Waals surface area contributed by atoms with Crippen molar-refractivity contribution in [1.29, 1.82) is 0 Å². The van der Waals surface area contributed by atoms with Gasteiger partial charge in [-0.3, -0.25) is 0 Å². The van der Waals surface area contributed by atoms with Crippen molar-refractivity contribution in [2.24, 2.45) is 0 Å². The van der Waals surface area contributed by atoms with Crippen molar-refractivity contribution in [3.8, 4) is 12.3 Å². The summed E-state index contributed by atoms with van der Waals surface area (Å²) in [7, 11) is 0. The van der Waals surface area contributed by atoms with Gasteiger partial charge in [0.2, 0.25) is 0 Å². The van der Waals surface area contributed by atoms with Crippen molar-refractivity contribution in [2.75, 3.05) is 0 Å². The maximum atomic E-state index is 10.2. The number of rotatable bonds is 3. The molecule has 0 aromatic carbocycles. The Bertz CT molecular complexity index is 157. The Morgan fingerprint density at radius 2 is 2.20 bits per heavy atom. The van der Waals surface area contributed by atoms with Crippen LogP contribution in [0.5, 0.6) is 0 Å². The van der Waals surface area contributed by atoms with E-state index in [0.717, 1.165) is 0 Å². The first-order valence-corrected chi connectivity index (χ1v) is 2.92. The monoisotopic (exact) mass is 142 g/mol. The highest BCUT2D eigenvalue weighted by atomic mass is 16.5. The molecule has 0 fully saturated rings. The van der Waals surface area contributed by atoms with Gasteiger partial charge in [-0.05, 0) is 13.8 Å². The van der Waals surface area contributed by atoms with E-state index in [0.29, 0.717) is 0 Å². The lowest BCUT2D eigenvalue weighted by atomic mass is 10.4. The second kappa shape index (κ2) is 3.91. The van der Waals surface area contributed by atoms with Gasteiger partial charge in [0, 0.05) is 0 Å². The van der Waals surface area contributed by atoms with Crippen LogP contribution in [0.15, 0.2) is 0 Å². The Kier molecular flexibility index (Phi) is 3.52. The van der Waals surface area contributed by atoms with Crippen molar-refractivity contribution in [3.63, 3.8) is 0 Å². The summed E-state index contributed by atoms with van der Waals surface area (Å²) in [5.41, 5.74) is 0. The maximum absolute atomic E-state index is 10.2. The van der Waals surface area contributed by atoms with E-state index in [1.165, 1.54) is 6.92 Å². The van der Waals surface area contributed by atoms with E-state index in [-0.39, 0.29) is 0 Å². The summed E-state index contributed by atoms with van der Waals surface area (Å²) in [6.45, 7) is 3.07. The Hall–Kier alpha value is -1.01. The van der Waals surface area contributed by atoms with E-state index in [2.05, 4.69) is 5.92 Å². The first kappa shape index (κ1) is 8.99. The number of hydrogen-bond acceptors (Lipinski definition) is 2. The molecule has 0 radical (unpaired) electrons. The summed E-state index contributed by atoms with van der Waals surface area (Å²) < 4.78 is 4.83. The van der Waals surface area contributed by atoms with E-state index in [1.807, 2.05) is 0 Å². The van der Waals surface area contributed by atoms with E-state index in [4.69, 9.17) is 16.3 Å². The molecule has 3 heteroatoms. The molecule has 0 bridgehead atoms. The zero-order chi connectivity index (χ0) is 8.15. The van der Waals surface area contributed by atoms with Gasteiger partial charge in [0.05, 0.1) is 0 Å². The van der Waals surface area contributed by atoms with E-state index < -0.39 is 18.2 Å². The lowest BCUT2D eigenvalue weighted by Gasteiger charge is -2.09. The quantitative estimate of drug-likeness (QED) is 0.583. The standard InChI is InChI=1S/C7H10O3/c1-4-5(2)10-6(3)7(8)9/h1,5-6H,2-3H3,(H,8,9). The molecule has 0 heterocycles. The number of terminal acetylenes is 1. The van der Waals surface area contributed by atoms with Crippen molar-refractivity contribution >= 4 is 5.97 Å². The van der Waals surface area contributed by atoms with Crippen molar-refractivity contribution in [1.82, 2.24) is 0 Å². The largest absolute Gasteiger partial charge is 0.479 e. The highest BCUT2D eigenvalue weighted by Gasteiger charge is 2.12. The number of carbonyl (C=O) groups is 1. The molecule has 56 valence electrons. The van der Waals surface area contributed by atoms with Gasteiger partial charge in [-0.1, -0.05) is 5.92 Å². The van der Waals surface area contributed by atoms with Gasteiger partial charge in [-0.25, -0.2) is 4.79 Å². The maximum Gasteiger partial charge on any atom is 0.332 e. The SMILES string of the molecule is C#CC(C)OC(C)C(=O)O. The molecule has 0 saturated heterocycles. The van der Waals surface area contributed by atoms with Crippen LogP contribution in [0.4, 0.5) is 0 Å². The molecule has 0 amide bonds. The van der Waals surface area contributed by atoms with Gasteiger partial charge in [0.1, 0.15) is 6.10 Å². The molecule has 2 unspecified atom stereocenters. The van der Waals surface area contributed by atoms with Gasteiger partial charge >= 0.3 is 5.97 Å². The average Bonchev–Trinajstić information content (AvgIpc) is 1.87. The van der Waals surface area contributed by atoms with Gasteiger partial charge in [0.15, 0.2) is 6.10 Å². The fraction of sp³-hybridized carbons (Fsp3) is 0.571. The minimum absolute atomic E-state index is 0.439. The van der Waals surface area contributed by atoms with Crippen LogP contribution in [-0.2, 0) is 9.53 Å². The first-order chi connectivity index (χ1) is 4.57. The number of ether oxygens (including phenoxy) is 1. The normalized spacial score (nSPS) is 15.3. The minimum atomic E-state index is -0.998. The fourth-order valence-corrected chi connectivity index (χ4v) is 0.404. The highest BCUT2D eigenvalue weighted by Crippen LogP contribution is 1.95. The van der Waals surface area contributed by atoms with Crippen LogP contribution < -0.4 is 0 Å². The predicted molar refractivity (Wildman–Crippen MR) is 36.5 cm³/mol. The van der Waals surface area contributed by atoms with E-state index >= 15 is 0 Å². The summed E-state index contributed by atoms with van der Waals surface area (Å²) in [4.78, 5) is 10.2. The summed E-state index contributed by atoms with van der Waals surface area (Å²) in [6.07, 6.45) is 3.69. The van der Waals surface area contributed by atoms with Crippen LogP contribution in [0.1, 0.15) is 13.8 Å². The Morgan fingerprint density at radius 1 is 1.70 bits per heavy atom. The predicted octanol–water partition coefficient (Wildman–Crippen LogP) is 0.498. The summed E-state index contributed by atoms with van der Waals surface area (Å²) >= 11 is 0. The number of hydrogen-bond donors (Lipinski definition) is 1. The van der Waals surface area contributed by atoms with Crippen LogP contribution in [0.25, 0.3) is 0 Å². The fourth-order valence-electron chi connectivity index (χ4n) is 0.404. The second-order valence-electron chi connectivity index (χ2n) is 1.93. The van der Waals surface area contributed by atoms with Gasteiger partial charge in [-0.15, -0.1) is 6.42 Å². The van der Waals surface area contributed by atoms with Crippen molar-refractivity contribution in [2.45, 2.75) is 26.1 Å². The van der Waals surface area contributed by atoms with Crippen LogP contribution in [0.3, 0.4) is 0 Å². The third kappa shape index (κ3) is 3.10. The molecule has 0 aromatic heterocycles. The third-order valence-electron chi connectivity index (χ3n) is 0.991. The molecule has 0 saturated carbocycles. The number of aliphatic carboxylic acids is 1. The Balaban J connectivity index is 3.70. The van der Waals surface area contributed by atoms with Crippen LogP contribution in [0, 0.1) is 12.3 Å². The molecule has 1 N–H and O–H groups in total. The molecule has 0 aliphatic carbocycles. The van der Waals surface area contributed by atoms with Crippen LogP contribution >= 0.6 is 0 Å². The molecular weight excluding hydrogens is 132 g/mol. The zero-order valence-corrected chi connectivity index (χ0v) is 6.00. The molecule has 10 heavy (non-hydrogen) atoms. The summed E-state index contributed by atoms with van der Waals surface area (Å²) in [5.74, 6) is 1.27. The van der Waals surface area contributed by atoms with Crippen LogP contribution in [0.2, 0.25) is 0 Å². The lowest BCUT2D eigenvalue weighted by Crippen LogP contribution is -2.23. The first-order valence-electron chi connectivity index (χ1n) is 2.92. The molecule has 0 aliphatic rings. The third-order valence-corrected chi connectivity index (χ3v) is 0.991. The van der Waals surface area contributed by atoms with Crippen molar-refractivity contribution in [3.05, 3.63) is 0 Å². The van der Waals surface area contributed by atoms with Crippen molar-refractivity contribution < 1.29 is 14.6 Å². The van der Waals surface area contributed by atoms with Gasteiger partial charge in [0.25, 0.3) is 0 Å². The summed E-state index contributed by atoms with van der Waals surface area (Å²) in [6, 6.07) is 0. The molecule has 3 nitrogen and oxygen atoms in total. The topological polar surface area (TPSA) is 46.5 Å². The zero-order valence-electron chi connectivity index (χ0n) is 6.00.